The van der Waals surface area contributed by atoms with Gasteiger partial charge in [0.25, 0.3) is 5.56 Å². The van der Waals surface area contributed by atoms with E-state index in [0.717, 1.165) is 11.3 Å². The number of hydrogen-bond donors (Lipinski definition) is 1. The number of benzene rings is 1. The van der Waals surface area contributed by atoms with E-state index in [1.165, 1.54) is 23.8 Å². The lowest BCUT2D eigenvalue weighted by Gasteiger charge is -2.26. The van der Waals surface area contributed by atoms with E-state index in [0.29, 0.717) is 5.69 Å². The molecule has 1 fully saturated rings. The van der Waals surface area contributed by atoms with E-state index < -0.39 is 41.8 Å². The summed E-state index contributed by atoms with van der Waals surface area (Å²) < 4.78 is 20.5. The van der Waals surface area contributed by atoms with Crippen LogP contribution in [0.3, 0.4) is 0 Å². The summed E-state index contributed by atoms with van der Waals surface area (Å²) in [6.07, 6.45) is 0.0247. The number of esters is 1. The third kappa shape index (κ3) is 3.06. The van der Waals surface area contributed by atoms with E-state index in [1.807, 2.05) is 36.5 Å². The van der Waals surface area contributed by atoms with Gasteiger partial charge in [-0.05, 0) is 12.1 Å². The zero-order chi connectivity index (χ0) is 20.8. The van der Waals surface area contributed by atoms with Gasteiger partial charge in [0.2, 0.25) is 0 Å². The summed E-state index contributed by atoms with van der Waals surface area (Å²) in [7, 11) is 0. The molecule has 0 bridgehead atoms. The number of aromatic nitrogens is 4. The Bertz CT molecular complexity index is 1210. The quantitative estimate of drug-likeness (QED) is 0.635. The molecule has 3 aromatic rings. The van der Waals surface area contributed by atoms with Crippen molar-refractivity contribution in [3.63, 3.8) is 0 Å². The number of nitrogens with one attached hydrogen (secondary N) is 1. The maximum Gasteiger partial charge on any atom is 0.330 e. The molecule has 0 amide bonds. The minimum Gasteiger partial charge on any atom is -0.455 e. The molecule has 0 unspecified atom stereocenters. The van der Waals surface area contributed by atoms with Crippen LogP contribution < -0.4 is 11.2 Å². The highest BCUT2D eigenvalue weighted by molar-refractivity contribution is 5.66. The number of H-pyrrole nitrogens is 1. The van der Waals surface area contributed by atoms with Crippen molar-refractivity contribution in [2.24, 2.45) is 0 Å². The van der Waals surface area contributed by atoms with Gasteiger partial charge < -0.3 is 14.2 Å². The Morgan fingerprint density at radius 2 is 2.03 bits per heavy atom. The first kappa shape index (κ1) is 18.5. The highest BCUT2D eigenvalue weighted by Crippen LogP contribution is 2.45. The van der Waals surface area contributed by atoms with Crippen molar-refractivity contribution in [3.05, 3.63) is 80.9 Å². The smallest absolute Gasteiger partial charge is 0.330 e. The minimum atomic E-state index is -0.971. The fraction of sp³-hybridized carbons (Fsp3) is 0.300. The Morgan fingerprint density at radius 3 is 2.77 bits per heavy atom. The SMILES string of the molecule is CC(=O)O[C@@H]1[C@H]2OCc3cn(-c4ccccc4)nc3[C@H]2O[C@H]1n1ccc(=O)[nH]c1=O. The predicted octanol–water partition coefficient (Wildman–Crippen LogP) is 0.823. The van der Waals surface area contributed by atoms with Gasteiger partial charge >= 0.3 is 11.7 Å². The number of hydrogen-bond acceptors (Lipinski definition) is 7. The van der Waals surface area contributed by atoms with Crippen molar-refractivity contribution in [1.82, 2.24) is 19.3 Å². The standard InChI is InChI=1S/C20H18N4O6/c1-11(25)29-18-17-16(30-19(18)23-8-7-14(26)21-20(23)27)15-12(10-28-17)9-24(22-15)13-5-3-2-4-6-13/h2-9,16-19H,10H2,1H3,(H,21,26,27)/t16-,17+,18-,19-/m1/s1. The monoisotopic (exact) mass is 410 g/mol. The molecule has 2 aromatic heterocycles. The van der Waals surface area contributed by atoms with Crippen molar-refractivity contribution in [2.45, 2.75) is 38.1 Å². The summed E-state index contributed by atoms with van der Waals surface area (Å²) in [6.45, 7) is 1.54. The largest absolute Gasteiger partial charge is 0.455 e. The Hall–Kier alpha value is -3.50. The first-order chi connectivity index (χ1) is 14.5. The normalized spacial score (nSPS) is 24.8. The third-order valence-corrected chi connectivity index (χ3v) is 5.16. The zero-order valence-corrected chi connectivity index (χ0v) is 15.9. The molecule has 10 heteroatoms. The van der Waals surface area contributed by atoms with Gasteiger partial charge in [-0.25, -0.2) is 9.48 Å². The number of ether oxygens (including phenoxy) is 3. The van der Waals surface area contributed by atoms with E-state index >= 15 is 0 Å². The van der Waals surface area contributed by atoms with Crippen LogP contribution in [0.4, 0.5) is 0 Å². The van der Waals surface area contributed by atoms with Gasteiger partial charge in [-0.15, -0.1) is 0 Å². The number of fused-ring (bicyclic) bond motifs is 3. The van der Waals surface area contributed by atoms with Crippen LogP contribution in [0.15, 0.2) is 58.4 Å². The second-order valence-electron chi connectivity index (χ2n) is 7.13. The molecular formula is C20H18N4O6. The number of rotatable bonds is 3. The molecule has 1 N–H and O–H groups in total. The molecule has 0 saturated carbocycles. The van der Waals surface area contributed by atoms with Gasteiger partial charge in [-0.2, -0.15) is 5.10 Å². The van der Waals surface area contributed by atoms with E-state index in [1.54, 1.807) is 4.68 Å². The summed E-state index contributed by atoms with van der Waals surface area (Å²) in [4.78, 5) is 37.7. The molecule has 2 aliphatic rings. The van der Waals surface area contributed by atoms with Crippen LogP contribution in [0.25, 0.3) is 5.69 Å². The average Bonchev–Trinajstić information content (AvgIpc) is 3.30. The molecule has 2 aliphatic heterocycles. The van der Waals surface area contributed by atoms with Crippen LogP contribution in [0, 0.1) is 0 Å². The number of carbonyl (C=O) groups excluding carboxylic acids is 1. The van der Waals surface area contributed by atoms with Crippen molar-refractivity contribution < 1.29 is 19.0 Å². The van der Waals surface area contributed by atoms with E-state index in [-0.39, 0.29) is 6.61 Å². The van der Waals surface area contributed by atoms with Crippen LogP contribution in [-0.4, -0.2) is 37.5 Å². The average molecular weight is 410 g/mol. The fourth-order valence-corrected chi connectivity index (χ4v) is 3.88. The molecule has 1 saturated heterocycles. The number of aromatic amines is 1. The number of carbonyl (C=O) groups is 1. The number of para-hydroxylation sites is 1. The molecule has 0 aliphatic carbocycles. The number of nitrogens with zero attached hydrogens (tertiary/aromatic N) is 3. The fourth-order valence-electron chi connectivity index (χ4n) is 3.88. The van der Waals surface area contributed by atoms with Crippen molar-refractivity contribution in [2.75, 3.05) is 0 Å². The Morgan fingerprint density at radius 1 is 1.23 bits per heavy atom. The molecule has 1 aromatic carbocycles. The van der Waals surface area contributed by atoms with Gasteiger partial charge in [0.05, 0.1) is 12.3 Å². The summed E-state index contributed by atoms with van der Waals surface area (Å²) in [5, 5.41) is 4.67. The van der Waals surface area contributed by atoms with Crippen LogP contribution in [0.2, 0.25) is 0 Å². The van der Waals surface area contributed by atoms with Gasteiger partial charge in [-0.3, -0.25) is 19.1 Å². The van der Waals surface area contributed by atoms with E-state index in [4.69, 9.17) is 14.2 Å². The Kier molecular flexibility index (Phi) is 4.37. The van der Waals surface area contributed by atoms with Crippen molar-refractivity contribution in [3.8, 4) is 5.69 Å². The maximum absolute atomic E-state index is 12.3. The second-order valence-corrected chi connectivity index (χ2v) is 7.13. The summed E-state index contributed by atoms with van der Waals surface area (Å²) in [6, 6.07) is 10.8. The van der Waals surface area contributed by atoms with Crippen LogP contribution >= 0.6 is 0 Å². The van der Waals surface area contributed by atoms with Gasteiger partial charge in [0.15, 0.2) is 12.3 Å². The van der Waals surface area contributed by atoms with Gasteiger partial charge in [-0.1, -0.05) is 18.2 Å². The van der Waals surface area contributed by atoms with Crippen molar-refractivity contribution in [1.29, 1.82) is 0 Å². The zero-order valence-electron chi connectivity index (χ0n) is 15.9. The molecule has 5 rings (SSSR count). The molecule has 10 nitrogen and oxygen atoms in total. The summed E-state index contributed by atoms with van der Waals surface area (Å²) in [5.74, 6) is -0.532. The molecule has 30 heavy (non-hydrogen) atoms. The summed E-state index contributed by atoms with van der Waals surface area (Å²) >= 11 is 0. The van der Waals surface area contributed by atoms with Crippen molar-refractivity contribution >= 4 is 5.97 Å². The van der Waals surface area contributed by atoms with Crippen LogP contribution in [0.5, 0.6) is 0 Å². The van der Waals surface area contributed by atoms with E-state index in [2.05, 4.69) is 10.1 Å². The predicted molar refractivity (Wildman–Crippen MR) is 102 cm³/mol. The minimum absolute atomic E-state index is 0.262. The summed E-state index contributed by atoms with van der Waals surface area (Å²) in [5.41, 5.74) is 1.18. The Balaban J connectivity index is 1.55. The molecular weight excluding hydrogens is 392 g/mol. The second kappa shape index (κ2) is 7.08. The Labute approximate surface area is 169 Å². The first-order valence-electron chi connectivity index (χ1n) is 9.41. The molecule has 0 radical (unpaired) electrons. The van der Waals surface area contributed by atoms with Crippen LogP contribution in [0.1, 0.15) is 30.5 Å². The van der Waals surface area contributed by atoms with Gasteiger partial charge in [0.1, 0.15) is 17.9 Å². The molecule has 154 valence electrons. The lowest BCUT2D eigenvalue weighted by atomic mass is 10.0. The molecule has 0 spiro atoms. The lowest BCUT2D eigenvalue weighted by molar-refractivity contribution is -0.158. The van der Waals surface area contributed by atoms with E-state index in [9.17, 15) is 14.4 Å². The van der Waals surface area contributed by atoms with Gasteiger partial charge in [0, 0.05) is 30.9 Å². The molecule has 4 atom stereocenters. The first-order valence-corrected chi connectivity index (χ1v) is 9.41. The maximum atomic E-state index is 12.3. The van der Waals surface area contributed by atoms with Crippen LogP contribution in [-0.2, 0) is 25.6 Å². The topological polar surface area (TPSA) is 117 Å². The lowest BCUT2D eigenvalue weighted by Crippen LogP contribution is -2.40. The third-order valence-electron chi connectivity index (χ3n) is 5.16. The highest BCUT2D eigenvalue weighted by atomic mass is 16.6. The highest BCUT2D eigenvalue weighted by Gasteiger charge is 2.53. The molecule has 4 heterocycles.